The molecule has 0 bridgehead atoms. The van der Waals surface area contributed by atoms with Crippen LogP contribution in [0, 0.1) is 17.2 Å². The van der Waals surface area contributed by atoms with Crippen molar-refractivity contribution in [2.45, 2.75) is 51.6 Å². The van der Waals surface area contributed by atoms with Gasteiger partial charge in [0.1, 0.15) is 11.8 Å². The highest BCUT2D eigenvalue weighted by atomic mass is 16.3. The van der Waals surface area contributed by atoms with Crippen LogP contribution in [0.2, 0.25) is 0 Å². The standard InChI is InChI=1S/C14H20N2O/c1-11(12-5-3-2-4-6-12)16-10-14-8-7-13(9-15)17-14/h7-8,11-12,16H,2-6,10H2,1H3/t11-/m1/s1. The van der Waals surface area contributed by atoms with Crippen molar-refractivity contribution in [2.75, 3.05) is 0 Å². The van der Waals surface area contributed by atoms with Crippen LogP contribution in [0.5, 0.6) is 0 Å². The molecule has 0 spiro atoms. The molecule has 1 fully saturated rings. The molecule has 0 aromatic carbocycles. The summed E-state index contributed by atoms with van der Waals surface area (Å²) < 4.78 is 5.35. The van der Waals surface area contributed by atoms with Crippen molar-refractivity contribution >= 4 is 0 Å². The first-order chi connectivity index (χ1) is 8.29. The van der Waals surface area contributed by atoms with Gasteiger partial charge in [0.25, 0.3) is 0 Å². The molecule has 1 atom stereocenters. The minimum atomic E-state index is 0.395. The third-order valence-electron chi connectivity index (χ3n) is 3.73. The van der Waals surface area contributed by atoms with Crippen molar-refractivity contribution in [2.24, 2.45) is 5.92 Å². The number of nitrogens with one attached hydrogen (secondary N) is 1. The average Bonchev–Trinajstić information content (AvgIpc) is 2.85. The molecule has 3 heteroatoms. The summed E-state index contributed by atoms with van der Waals surface area (Å²) in [5.41, 5.74) is 0. The zero-order chi connectivity index (χ0) is 12.1. The average molecular weight is 232 g/mol. The second kappa shape index (κ2) is 5.88. The summed E-state index contributed by atoms with van der Waals surface area (Å²) in [4.78, 5) is 0. The van der Waals surface area contributed by atoms with E-state index in [1.54, 1.807) is 6.07 Å². The molecule has 1 aromatic rings. The summed E-state index contributed by atoms with van der Waals surface area (Å²) in [6, 6.07) is 6.14. The minimum absolute atomic E-state index is 0.395. The molecule has 0 unspecified atom stereocenters. The van der Waals surface area contributed by atoms with Crippen LogP contribution < -0.4 is 5.32 Å². The Hall–Kier alpha value is -1.27. The first-order valence-corrected chi connectivity index (χ1v) is 6.52. The largest absolute Gasteiger partial charge is 0.449 e. The van der Waals surface area contributed by atoms with Crippen LogP contribution >= 0.6 is 0 Å². The quantitative estimate of drug-likeness (QED) is 0.867. The van der Waals surface area contributed by atoms with Crippen LogP contribution in [0.3, 0.4) is 0 Å². The molecule has 1 aliphatic carbocycles. The van der Waals surface area contributed by atoms with Gasteiger partial charge in [-0.25, -0.2) is 0 Å². The van der Waals surface area contributed by atoms with Gasteiger partial charge in [0.2, 0.25) is 5.76 Å². The summed E-state index contributed by atoms with van der Waals surface area (Å²) in [5.74, 6) is 2.05. The van der Waals surface area contributed by atoms with Crippen molar-refractivity contribution in [3.8, 4) is 6.07 Å². The Labute approximate surface area is 103 Å². The molecule has 1 aromatic heterocycles. The van der Waals surface area contributed by atoms with Crippen LogP contribution in [-0.4, -0.2) is 6.04 Å². The molecule has 3 nitrogen and oxygen atoms in total. The van der Waals surface area contributed by atoms with Gasteiger partial charge in [-0.2, -0.15) is 5.26 Å². The van der Waals surface area contributed by atoms with E-state index in [1.807, 2.05) is 12.1 Å². The molecule has 92 valence electrons. The number of furan rings is 1. The van der Waals surface area contributed by atoms with Crippen LogP contribution in [0.1, 0.15) is 50.5 Å². The van der Waals surface area contributed by atoms with Crippen molar-refractivity contribution in [1.82, 2.24) is 5.32 Å². The van der Waals surface area contributed by atoms with Gasteiger partial charge in [0.15, 0.2) is 0 Å². The fourth-order valence-electron chi connectivity index (χ4n) is 2.60. The highest BCUT2D eigenvalue weighted by Gasteiger charge is 2.19. The molecule has 0 aliphatic heterocycles. The number of hydrogen-bond acceptors (Lipinski definition) is 3. The molecule has 2 rings (SSSR count). The summed E-state index contributed by atoms with van der Waals surface area (Å²) in [6.45, 7) is 2.98. The zero-order valence-corrected chi connectivity index (χ0v) is 10.4. The Morgan fingerprint density at radius 3 is 2.82 bits per heavy atom. The second-order valence-electron chi connectivity index (χ2n) is 4.95. The Balaban J connectivity index is 1.79. The van der Waals surface area contributed by atoms with E-state index < -0.39 is 0 Å². The molecule has 17 heavy (non-hydrogen) atoms. The molecule has 0 amide bonds. The van der Waals surface area contributed by atoms with Crippen molar-refractivity contribution in [3.05, 3.63) is 23.7 Å². The first kappa shape index (κ1) is 12.2. The Bertz CT molecular complexity index is 385. The lowest BCUT2D eigenvalue weighted by Gasteiger charge is -2.28. The normalized spacial score (nSPS) is 18.8. The van der Waals surface area contributed by atoms with Gasteiger partial charge in [0, 0.05) is 6.04 Å². The number of nitrogens with zero attached hydrogens (tertiary/aromatic N) is 1. The van der Waals surface area contributed by atoms with Crippen LogP contribution in [0.25, 0.3) is 0 Å². The summed E-state index contributed by atoms with van der Waals surface area (Å²) in [6.07, 6.45) is 6.82. The topological polar surface area (TPSA) is 49.0 Å². The van der Waals surface area contributed by atoms with E-state index in [1.165, 1.54) is 32.1 Å². The van der Waals surface area contributed by atoms with Crippen LogP contribution in [0.4, 0.5) is 0 Å². The van der Waals surface area contributed by atoms with Gasteiger partial charge in [-0.1, -0.05) is 19.3 Å². The van der Waals surface area contributed by atoms with E-state index in [-0.39, 0.29) is 0 Å². The third-order valence-corrected chi connectivity index (χ3v) is 3.73. The predicted molar refractivity (Wildman–Crippen MR) is 66.3 cm³/mol. The lowest BCUT2D eigenvalue weighted by Crippen LogP contribution is -2.34. The fourth-order valence-corrected chi connectivity index (χ4v) is 2.60. The molecular weight excluding hydrogens is 212 g/mol. The third kappa shape index (κ3) is 3.34. The summed E-state index contributed by atoms with van der Waals surface area (Å²) in [5, 5.41) is 12.2. The maximum Gasteiger partial charge on any atom is 0.203 e. The highest BCUT2D eigenvalue weighted by Crippen LogP contribution is 2.26. The molecule has 1 N–H and O–H groups in total. The fraction of sp³-hybridized carbons (Fsp3) is 0.643. The number of rotatable bonds is 4. The van der Waals surface area contributed by atoms with Gasteiger partial charge >= 0.3 is 0 Å². The van der Waals surface area contributed by atoms with Crippen molar-refractivity contribution < 1.29 is 4.42 Å². The van der Waals surface area contributed by atoms with Gasteiger partial charge in [-0.3, -0.25) is 0 Å². The lowest BCUT2D eigenvalue weighted by atomic mass is 9.84. The number of nitriles is 1. The van der Waals surface area contributed by atoms with Gasteiger partial charge in [-0.05, 0) is 37.8 Å². The monoisotopic (exact) mass is 232 g/mol. The van der Waals surface area contributed by atoms with Gasteiger partial charge in [0.05, 0.1) is 6.54 Å². The van der Waals surface area contributed by atoms with Crippen LogP contribution in [-0.2, 0) is 6.54 Å². The van der Waals surface area contributed by atoms with Gasteiger partial charge in [-0.15, -0.1) is 0 Å². The Morgan fingerprint density at radius 2 is 2.18 bits per heavy atom. The maximum atomic E-state index is 8.67. The predicted octanol–water partition coefficient (Wildman–Crippen LogP) is 3.21. The Kier molecular flexibility index (Phi) is 4.22. The van der Waals surface area contributed by atoms with Crippen LogP contribution in [0.15, 0.2) is 16.5 Å². The smallest absolute Gasteiger partial charge is 0.203 e. The maximum absolute atomic E-state index is 8.67. The van der Waals surface area contributed by atoms with E-state index in [0.29, 0.717) is 11.8 Å². The van der Waals surface area contributed by atoms with Crippen molar-refractivity contribution in [3.63, 3.8) is 0 Å². The summed E-state index contributed by atoms with van der Waals surface area (Å²) >= 11 is 0. The second-order valence-corrected chi connectivity index (χ2v) is 4.95. The molecule has 0 saturated heterocycles. The van der Waals surface area contributed by atoms with E-state index in [0.717, 1.165) is 18.2 Å². The first-order valence-electron chi connectivity index (χ1n) is 6.52. The number of hydrogen-bond donors (Lipinski definition) is 1. The van der Waals surface area contributed by atoms with E-state index in [9.17, 15) is 0 Å². The zero-order valence-electron chi connectivity index (χ0n) is 10.4. The molecule has 1 aliphatic rings. The highest BCUT2D eigenvalue weighted by molar-refractivity contribution is 5.18. The van der Waals surface area contributed by atoms with Crippen molar-refractivity contribution in [1.29, 1.82) is 5.26 Å². The van der Waals surface area contributed by atoms with E-state index in [4.69, 9.17) is 9.68 Å². The lowest BCUT2D eigenvalue weighted by molar-refractivity contribution is 0.275. The van der Waals surface area contributed by atoms with Gasteiger partial charge < -0.3 is 9.73 Å². The Morgan fingerprint density at radius 1 is 1.41 bits per heavy atom. The van der Waals surface area contributed by atoms with E-state index >= 15 is 0 Å². The molecule has 0 radical (unpaired) electrons. The molecule has 1 saturated carbocycles. The summed E-state index contributed by atoms with van der Waals surface area (Å²) in [7, 11) is 0. The molecular formula is C14H20N2O. The molecule has 1 heterocycles. The van der Waals surface area contributed by atoms with E-state index in [2.05, 4.69) is 12.2 Å². The minimum Gasteiger partial charge on any atom is -0.449 e. The SMILES string of the molecule is C[C@@H](NCc1ccc(C#N)o1)C1CCCCC1.